The van der Waals surface area contributed by atoms with E-state index in [1.807, 2.05) is 0 Å². The standard InChI is InChI=1S/C28H34N4/c1-6-25-30-26-27(32(25)17-20(2)3)21(4)22(5)29-28(26)31(18-23-13-9-7-10-14-23)19-24-15-11-8-12-16-24/h7-16,20H,6,17-19H2,1-5H3. The van der Waals surface area contributed by atoms with E-state index in [0.717, 1.165) is 48.9 Å². The van der Waals surface area contributed by atoms with E-state index in [9.17, 15) is 0 Å². The fourth-order valence-corrected chi connectivity index (χ4v) is 4.37. The largest absolute Gasteiger partial charge is 0.346 e. The first-order valence-corrected chi connectivity index (χ1v) is 11.7. The van der Waals surface area contributed by atoms with Crippen LogP contribution in [0.3, 0.4) is 0 Å². The predicted molar refractivity (Wildman–Crippen MR) is 134 cm³/mol. The van der Waals surface area contributed by atoms with Crippen LogP contribution in [0.4, 0.5) is 5.82 Å². The second-order valence-corrected chi connectivity index (χ2v) is 9.06. The maximum Gasteiger partial charge on any atom is 0.157 e. The summed E-state index contributed by atoms with van der Waals surface area (Å²) in [5.74, 6) is 2.68. The van der Waals surface area contributed by atoms with E-state index in [0.29, 0.717) is 5.92 Å². The molecule has 4 nitrogen and oxygen atoms in total. The predicted octanol–water partition coefficient (Wildman–Crippen LogP) is 6.47. The zero-order valence-electron chi connectivity index (χ0n) is 20.0. The van der Waals surface area contributed by atoms with Gasteiger partial charge < -0.3 is 9.47 Å². The van der Waals surface area contributed by atoms with Gasteiger partial charge >= 0.3 is 0 Å². The van der Waals surface area contributed by atoms with Crippen molar-refractivity contribution in [3.63, 3.8) is 0 Å². The van der Waals surface area contributed by atoms with Crippen LogP contribution in [-0.4, -0.2) is 14.5 Å². The fraction of sp³-hybridized carbons (Fsp3) is 0.357. The van der Waals surface area contributed by atoms with Crippen molar-refractivity contribution in [3.05, 3.63) is 88.9 Å². The molecule has 32 heavy (non-hydrogen) atoms. The topological polar surface area (TPSA) is 34.0 Å². The zero-order chi connectivity index (χ0) is 22.7. The molecule has 0 amide bonds. The molecule has 4 rings (SSSR count). The molecule has 0 saturated heterocycles. The number of pyridine rings is 1. The van der Waals surface area contributed by atoms with Crippen LogP contribution in [-0.2, 0) is 26.1 Å². The molecule has 0 radical (unpaired) electrons. The summed E-state index contributed by atoms with van der Waals surface area (Å²) < 4.78 is 2.43. The molecule has 166 valence electrons. The van der Waals surface area contributed by atoms with Crippen molar-refractivity contribution in [1.82, 2.24) is 14.5 Å². The van der Waals surface area contributed by atoms with Crippen molar-refractivity contribution >= 4 is 16.9 Å². The number of imidazole rings is 1. The number of anilines is 1. The van der Waals surface area contributed by atoms with Crippen LogP contribution in [0.2, 0.25) is 0 Å². The molecule has 0 atom stereocenters. The lowest BCUT2D eigenvalue weighted by Crippen LogP contribution is -2.24. The van der Waals surface area contributed by atoms with Gasteiger partial charge in [0, 0.05) is 31.7 Å². The van der Waals surface area contributed by atoms with Gasteiger partial charge in [-0.2, -0.15) is 0 Å². The highest BCUT2D eigenvalue weighted by Crippen LogP contribution is 2.32. The zero-order valence-corrected chi connectivity index (χ0v) is 20.0. The van der Waals surface area contributed by atoms with E-state index in [1.165, 1.54) is 22.2 Å². The van der Waals surface area contributed by atoms with Gasteiger partial charge in [0.2, 0.25) is 0 Å². The van der Waals surface area contributed by atoms with Crippen molar-refractivity contribution in [2.45, 2.75) is 60.7 Å². The maximum absolute atomic E-state index is 5.15. The van der Waals surface area contributed by atoms with Gasteiger partial charge in [-0.3, -0.25) is 0 Å². The Kier molecular flexibility index (Phi) is 6.59. The molecule has 0 aliphatic rings. The third-order valence-electron chi connectivity index (χ3n) is 6.03. The van der Waals surface area contributed by atoms with Gasteiger partial charge in [-0.15, -0.1) is 0 Å². The molecule has 4 heteroatoms. The molecule has 0 saturated carbocycles. The number of hydrogen-bond acceptors (Lipinski definition) is 3. The van der Waals surface area contributed by atoms with E-state index in [1.54, 1.807) is 0 Å². The molecule has 2 aromatic heterocycles. The van der Waals surface area contributed by atoms with Crippen molar-refractivity contribution in [2.24, 2.45) is 5.92 Å². The molecule has 2 aromatic carbocycles. The van der Waals surface area contributed by atoms with Crippen molar-refractivity contribution in [1.29, 1.82) is 0 Å². The molecular formula is C28H34N4. The Morgan fingerprint density at radius 1 is 0.844 bits per heavy atom. The van der Waals surface area contributed by atoms with Crippen LogP contribution in [0.1, 0.15) is 49.0 Å². The Bertz CT molecular complexity index is 1140. The fourth-order valence-electron chi connectivity index (χ4n) is 4.37. The second-order valence-electron chi connectivity index (χ2n) is 9.06. The molecule has 2 heterocycles. The first-order valence-electron chi connectivity index (χ1n) is 11.7. The van der Waals surface area contributed by atoms with Crippen LogP contribution in [0.25, 0.3) is 11.0 Å². The lowest BCUT2D eigenvalue weighted by atomic mass is 10.1. The molecule has 0 fully saturated rings. The van der Waals surface area contributed by atoms with Crippen LogP contribution < -0.4 is 4.90 Å². The van der Waals surface area contributed by atoms with Gasteiger partial charge in [0.15, 0.2) is 5.82 Å². The number of aryl methyl sites for hydroxylation is 3. The number of benzene rings is 2. The summed E-state index contributed by atoms with van der Waals surface area (Å²) >= 11 is 0. The SMILES string of the molecule is CCc1nc2c(N(Cc3ccccc3)Cc3ccccc3)nc(C)c(C)c2n1CC(C)C. The third kappa shape index (κ3) is 4.55. The van der Waals surface area contributed by atoms with Crippen LogP contribution >= 0.6 is 0 Å². The highest BCUT2D eigenvalue weighted by atomic mass is 15.2. The normalized spacial score (nSPS) is 11.4. The molecule has 0 spiro atoms. The number of nitrogens with zero attached hydrogens (tertiary/aromatic N) is 4. The average molecular weight is 427 g/mol. The summed E-state index contributed by atoms with van der Waals surface area (Å²) in [4.78, 5) is 12.6. The second kappa shape index (κ2) is 9.56. The maximum atomic E-state index is 5.15. The summed E-state index contributed by atoms with van der Waals surface area (Å²) in [7, 11) is 0. The Hall–Kier alpha value is -3.14. The number of fused-ring (bicyclic) bond motifs is 1. The van der Waals surface area contributed by atoms with Crippen molar-refractivity contribution < 1.29 is 0 Å². The minimum absolute atomic E-state index is 0.554. The highest BCUT2D eigenvalue weighted by molar-refractivity contribution is 5.90. The van der Waals surface area contributed by atoms with E-state index in [4.69, 9.17) is 9.97 Å². The monoisotopic (exact) mass is 426 g/mol. The lowest BCUT2D eigenvalue weighted by molar-refractivity contribution is 0.518. The Balaban J connectivity index is 1.89. The summed E-state index contributed by atoms with van der Waals surface area (Å²) in [5, 5.41) is 0. The number of hydrogen-bond donors (Lipinski definition) is 0. The van der Waals surface area contributed by atoms with E-state index in [-0.39, 0.29) is 0 Å². The molecule has 0 bridgehead atoms. The van der Waals surface area contributed by atoms with E-state index in [2.05, 4.69) is 105 Å². The average Bonchev–Trinajstić information content (AvgIpc) is 3.15. The van der Waals surface area contributed by atoms with Gasteiger partial charge in [0.25, 0.3) is 0 Å². The lowest BCUT2D eigenvalue weighted by Gasteiger charge is -2.25. The van der Waals surface area contributed by atoms with E-state index < -0.39 is 0 Å². The minimum atomic E-state index is 0.554. The van der Waals surface area contributed by atoms with Gasteiger partial charge in [-0.05, 0) is 36.5 Å². The highest BCUT2D eigenvalue weighted by Gasteiger charge is 2.22. The molecule has 4 aromatic rings. The Labute approximate surface area is 191 Å². The summed E-state index contributed by atoms with van der Waals surface area (Å²) in [6.45, 7) is 13.6. The van der Waals surface area contributed by atoms with Gasteiger partial charge in [0.1, 0.15) is 11.3 Å². The third-order valence-corrected chi connectivity index (χ3v) is 6.03. The molecular weight excluding hydrogens is 392 g/mol. The Morgan fingerprint density at radius 3 is 1.91 bits per heavy atom. The molecule has 0 unspecified atom stereocenters. The van der Waals surface area contributed by atoms with Gasteiger partial charge in [-0.1, -0.05) is 81.4 Å². The van der Waals surface area contributed by atoms with Crippen molar-refractivity contribution in [3.8, 4) is 0 Å². The smallest absolute Gasteiger partial charge is 0.157 e. The Morgan fingerprint density at radius 2 is 1.41 bits per heavy atom. The molecule has 0 N–H and O–H groups in total. The molecule has 0 aliphatic carbocycles. The van der Waals surface area contributed by atoms with Gasteiger partial charge in [0.05, 0.1) is 5.52 Å². The van der Waals surface area contributed by atoms with E-state index >= 15 is 0 Å². The molecule has 0 aliphatic heterocycles. The first kappa shape index (κ1) is 22.1. The van der Waals surface area contributed by atoms with Crippen molar-refractivity contribution in [2.75, 3.05) is 4.90 Å². The van der Waals surface area contributed by atoms with Crippen LogP contribution in [0, 0.1) is 19.8 Å². The summed E-state index contributed by atoms with van der Waals surface area (Å²) in [5.41, 5.74) is 7.12. The first-order chi connectivity index (χ1) is 15.5. The van der Waals surface area contributed by atoms with Gasteiger partial charge in [-0.25, -0.2) is 9.97 Å². The number of rotatable bonds is 8. The summed E-state index contributed by atoms with van der Waals surface area (Å²) in [6, 6.07) is 21.3. The quantitative estimate of drug-likeness (QED) is 0.324. The minimum Gasteiger partial charge on any atom is -0.346 e. The summed E-state index contributed by atoms with van der Waals surface area (Å²) in [6.07, 6.45) is 0.913. The van der Waals surface area contributed by atoms with Crippen LogP contribution in [0.15, 0.2) is 60.7 Å². The van der Waals surface area contributed by atoms with Crippen LogP contribution in [0.5, 0.6) is 0 Å². The number of aromatic nitrogens is 3.